The van der Waals surface area contributed by atoms with Crippen LogP contribution in [0, 0.1) is 12.7 Å². The Morgan fingerprint density at radius 2 is 1.90 bits per heavy atom. The minimum atomic E-state index is -3.83. The number of aryl methyl sites for hydroxylation is 1. The fraction of sp³-hybridized carbons (Fsp3) is 0.143. The highest BCUT2D eigenvalue weighted by molar-refractivity contribution is 7.92. The van der Waals surface area contributed by atoms with E-state index in [2.05, 4.69) is 4.72 Å². The molecular weight excluding hydrogens is 295 g/mol. The van der Waals surface area contributed by atoms with Gasteiger partial charge in [-0.25, -0.2) is 12.8 Å². The molecule has 112 valence electrons. The van der Waals surface area contributed by atoms with Gasteiger partial charge < -0.3 is 10.5 Å². The number of nitrogens with two attached hydrogens (primary N) is 1. The Morgan fingerprint density at radius 3 is 2.48 bits per heavy atom. The zero-order chi connectivity index (χ0) is 15.6. The van der Waals surface area contributed by atoms with Gasteiger partial charge in [0.1, 0.15) is 11.6 Å². The largest absolute Gasteiger partial charge is 0.496 e. The number of rotatable bonds is 4. The Kier molecular flexibility index (Phi) is 4.04. The van der Waals surface area contributed by atoms with E-state index in [4.69, 9.17) is 10.5 Å². The number of sulfonamides is 1. The van der Waals surface area contributed by atoms with Crippen LogP contribution in [0.15, 0.2) is 41.3 Å². The summed E-state index contributed by atoms with van der Waals surface area (Å²) in [6, 6.07) is 8.13. The predicted octanol–water partition coefficient (Wildman–Crippen LogP) is 2.53. The second-order valence-electron chi connectivity index (χ2n) is 4.47. The van der Waals surface area contributed by atoms with Crippen molar-refractivity contribution in [2.75, 3.05) is 17.6 Å². The van der Waals surface area contributed by atoms with Gasteiger partial charge in [0.15, 0.2) is 0 Å². The first-order valence-corrected chi connectivity index (χ1v) is 7.54. The number of nitrogen functional groups attached to an aromatic ring is 1. The van der Waals surface area contributed by atoms with Crippen molar-refractivity contribution < 1.29 is 17.5 Å². The molecule has 0 aliphatic rings. The Hall–Kier alpha value is -2.28. The molecule has 0 saturated carbocycles. The lowest BCUT2D eigenvalue weighted by molar-refractivity contribution is 0.412. The van der Waals surface area contributed by atoms with Gasteiger partial charge in [0.25, 0.3) is 10.0 Å². The average Bonchev–Trinajstić information content (AvgIpc) is 2.41. The summed E-state index contributed by atoms with van der Waals surface area (Å²) in [6.07, 6.45) is 0. The molecule has 3 N–H and O–H groups in total. The third kappa shape index (κ3) is 3.25. The van der Waals surface area contributed by atoms with Crippen LogP contribution in [0.3, 0.4) is 0 Å². The maximum absolute atomic E-state index is 13.1. The summed E-state index contributed by atoms with van der Waals surface area (Å²) >= 11 is 0. The number of halogens is 1. The highest BCUT2D eigenvalue weighted by atomic mass is 32.2. The van der Waals surface area contributed by atoms with Gasteiger partial charge in [-0.2, -0.15) is 0 Å². The summed E-state index contributed by atoms with van der Waals surface area (Å²) in [5.41, 5.74) is 6.34. The molecule has 21 heavy (non-hydrogen) atoms. The molecule has 0 heterocycles. The zero-order valence-electron chi connectivity index (χ0n) is 11.6. The summed E-state index contributed by atoms with van der Waals surface area (Å²) in [7, 11) is -2.29. The monoisotopic (exact) mass is 310 g/mol. The molecule has 2 aromatic carbocycles. The molecule has 0 aliphatic heterocycles. The number of anilines is 2. The molecular formula is C14H15FN2O3S. The van der Waals surface area contributed by atoms with E-state index < -0.39 is 15.8 Å². The van der Waals surface area contributed by atoms with E-state index >= 15 is 0 Å². The SMILES string of the molecule is COc1ccc(NS(=O)(=O)c2ccc(F)c(N)c2)cc1C. The summed E-state index contributed by atoms with van der Waals surface area (Å²) in [5.74, 6) is -0.00165. The standard InChI is InChI=1S/C14H15FN2O3S/c1-9-7-10(3-6-14(9)20-2)17-21(18,19)11-4-5-12(15)13(16)8-11/h3-8,17H,16H2,1-2H3. The Morgan fingerprint density at radius 1 is 1.19 bits per heavy atom. The topological polar surface area (TPSA) is 81.4 Å². The molecule has 2 rings (SSSR count). The van der Waals surface area contributed by atoms with E-state index in [0.29, 0.717) is 11.4 Å². The maximum Gasteiger partial charge on any atom is 0.261 e. The number of ether oxygens (including phenoxy) is 1. The van der Waals surface area contributed by atoms with Gasteiger partial charge in [0.05, 0.1) is 17.7 Å². The molecule has 0 fully saturated rings. The first-order valence-electron chi connectivity index (χ1n) is 6.06. The molecule has 5 nitrogen and oxygen atoms in total. The molecule has 0 spiro atoms. The van der Waals surface area contributed by atoms with E-state index in [1.807, 2.05) is 0 Å². The van der Waals surface area contributed by atoms with Gasteiger partial charge in [0, 0.05) is 5.69 Å². The second kappa shape index (κ2) is 5.61. The van der Waals surface area contributed by atoms with Crippen molar-refractivity contribution in [3.8, 4) is 5.75 Å². The van der Waals surface area contributed by atoms with Crippen LogP contribution in [-0.2, 0) is 10.0 Å². The van der Waals surface area contributed by atoms with Crippen LogP contribution in [0.2, 0.25) is 0 Å². The molecule has 0 radical (unpaired) electrons. The lowest BCUT2D eigenvalue weighted by Gasteiger charge is -2.11. The lowest BCUT2D eigenvalue weighted by Crippen LogP contribution is -2.13. The number of hydrogen-bond donors (Lipinski definition) is 2. The fourth-order valence-corrected chi connectivity index (χ4v) is 2.93. The molecule has 0 aromatic heterocycles. The summed E-state index contributed by atoms with van der Waals surface area (Å²) < 4.78 is 45.0. The van der Waals surface area contributed by atoms with Crippen LogP contribution in [-0.4, -0.2) is 15.5 Å². The van der Waals surface area contributed by atoms with Crippen molar-refractivity contribution in [1.82, 2.24) is 0 Å². The first-order chi connectivity index (χ1) is 9.83. The number of benzene rings is 2. The van der Waals surface area contributed by atoms with Gasteiger partial charge >= 0.3 is 0 Å². The van der Waals surface area contributed by atoms with Crippen LogP contribution in [0.4, 0.5) is 15.8 Å². The normalized spacial score (nSPS) is 11.2. The van der Waals surface area contributed by atoms with Crippen molar-refractivity contribution in [3.05, 3.63) is 47.8 Å². The summed E-state index contributed by atoms with van der Waals surface area (Å²) in [4.78, 5) is -0.102. The second-order valence-corrected chi connectivity index (χ2v) is 6.16. The molecule has 0 aliphatic carbocycles. The molecule has 2 aromatic rings. The van der Waals surface area contributed by atoms with Crippen LogP contribution < -0.4 is 15.2 Å². The molecule has 0 bridgehead atoms. The quantitative estimate of drug-likeness (QED) is 0.850. The molecule has 0 saturated heterocycles. The summed E-state index contributed by atoms with van der Waals surface area (Å²) in [5, 5.41) is 0. The van der Waals surface area contributed by atoms with Crippen molar-refractivity contribution in [1.29, 1.82) is 0 Å². The third-order valence-corrected chi connectivity index (χ3v) is 4.30. The zero-order valence-corrected chi connectivity index (χ0v) is 12.4. The Balaban J connectivity index is 2.32. The van der Waals surface area contributed by atoms with Gasteiger partial charge in [-0.15, -0.1) is 0 Å². The lowest BCUT2D eigenvalue weighted by atomic mass is 10.2. The van der Waals surface area contributed by atoms with E-state index in [-0.39, 0.29) is 10.6 Å². The highest BCUT2D eigenvalue weighted by Gasteiger charge is 2.16. The van der Waals surface area contributed by atoms with Crippen LogP contribution in [0.25, 0.3) is 0 Å². The first kappa shape index (κ1) is 15.1. The smallest absolute Gasteiger partial charge is 0.261 e. The molecule has 0 atom stereocenters. The Bertz CT molecular complexity index is 776. The molecule has 7 heteroatoms. The molecule has 0 unspecified atom stereocenters. The third-order valence-electron chi connectivity index (χ3n) is 2.92. The maximum atomic E-state index is 13.1. The van der Waals surface area contributed by atoms with Crippen LogP contribution in [0.5, 0.6) is 5.75 Å². The van der Waals surface area contributed by atoms with Crippen molar-refractivity contribution >= 4 is 21.4 Å². The van der Waals surface area contributed by atoms with Crippen LogP contribution >= 0.6 is 0 Å². The number of methoxy groups -OCH3 is 1. The van der Waals surface area contributed by atoms with E-state index in [0.717, 1.165) is 23.8 Å². The average molecular weight is 310 g/mol. The van der Waals surface area contributed by atoms with Gasteiger partial charge in [-0.05, 0) is 48.9 Å². The van der Waals surface area contributed by atoms with Gasteiger partial charge in [0.2, 0.25) is 0 Å². The van der Waals surface area contributed by atoms with Gasteiger partial charge in [-0.3, -0.25) is 4.72 Å². The predicted molar refractivity (Wildman–Crippen MR) is 79.4 cm³/mol. The summed E-state index contributed by atoms with van der Waals surface area (Å²) in [6.45, 7) is 1.80. The number of hydrogen-bond acceptors (Lipinski definition) is 4. The van der Waals surface area contributed by atoms with E-state index in [1.54, 1.807) is 25.1 Å². The minimum absolute atomic E-state index is 0.102. The van der Waals surface area contributed by atoms with Gasteiger partial charge in [-0.1, -0.05) is 0 Å². The van der Waals surface area contributed by atoms with E-state index in [1.165, 1.54) is 7.11 Å². The number of nitrogens with one attached hydrogen (secondary N) is 1. The van der Waals surface area contributed by atoms with Crippen molar-refractivity contribution in [2.24, 2.45) is 0 Å². The fourth-order valence-electron chi connectivity index (χ4n) is 1.84. The van der Waals surface area contributed by atoms with Crippen molar-refractivity contribution in [2.45, 2.75) is 11.8 Å². The van der Waals surface area contributed by atoms with Crippen molar-refractivity contribution in [3.63, 3.8) is 0 Å². The van der Waals surface area contributed by atoms with Crippen LogP contribution in [0.1, 0.15) is 5.56 Å². The molecule has 0 amide bonds. The van der Waals surface area contributed by atoms with E-state index in [9.17, 15) is 12.8 Å². The minimum Gasteiger partial charge on any atom is -0.496 e. The Labute approximate surface area is 122 Å². The highest BCUT2D eigenvalue weighted by Crippen LogP contribution is 2.24.